The van der Waals surface area contributed by atoms with E-state index < -0.39 is 4.92 Å². The summed E-state index contributed by atoms with van der Waals surface area (Å²) >= 11 is 1.38. The summed E-state index contributed by atoms with van der Waals surface area (Å²) in [5.74, 6) is 0.692. The molecule has 8 heteroatoms. The highest BCUT2D eigenvalue weighted by atomic mass is 32.1. The molecule has 100 valence electrons. The molecule has 20 heavy (non-hydrogen) atoms. The molecule has 0 amide bonds. The first-order valence-corrected chi connectivity index (χ1v) is 6.45. The molecule has 0 spiro atoms. The van der Waals surface area contributed by atoms with Crippen LogP contribution in [0.4, 0.5) is 10.7 Å². The molecule has 2 aromatic heterocycles. The molecule has 0 aliphatic rings. The Balaban J connectivity index is 1.94. The number of nitro benzene ring substituents is 1. The van der Waals surface area contributed by atoms with Gasteiger partial charge < -0.3 is 10.3 Å². The van der Waals surface area contributed by atoms with Crippen molar-refractivity contribution in [1.29, 1.82) is 0 Å². The van der Waals surface area contributed by atoms with Crippen LogP contribution >= 0.6 is 11.3 Å². The molecule has 0 atom stereocenters. The number of nitrogens with two attached hydrogens (primary N) is 1. The number of rotatable bonds is 3. The van der Waals surface area contributed by atoms with Gasteiger partial charge in [-0.3, -0.25) is 10.1 Å². The van der Waals surface area contributed by atoms with Crippen LogP contribution in [0.3, 0.4) is 0 Å². The van der Waals surface area contributed by atoms with Crippen molar-refractivity contribution < 1.29 is 9.45 Å². The average molecular weight is 288 g/mol. The van der Waals surface area contributed by atoms with Crippen LogP contribution in [0.25, 0.3) is 22.8 Å². The summed E-state index contributed by atoms with van der Waals surface area (Å²) in [6.07, 6.45) is 0. The molecule has 7 nitrogen and oxygen atoms in total. The first-order valence-electron chi connectivity index (χ1n) is 5.57. The van der Waals surface area contributed by atoms with Crippen molar-refractivity contribution in [3.05, 3.63) is 45.8 Å². The number of nitrogen functional groups attached to an aromatic ring is 1. The predicted molar refractivity (Wildman–Crippen MR) is 74.1 cm³/mol. The fraction of sp³-hybridized carbons (Fsp3) is 0. The van der Waals surface area contributed by atoms with Gasteiger partial charge in [0.25, 0.3) is 11.6 Å². The molecule has 0 radical (unpaired) electrons. The van der Waals surface area contributed by atoms with Crippen LogP contribution in [-0.2, 0) is 0 Å². The van der Waals surface area contributed by atoms with Gasteiger partial charge in [0.05, 0.1) is 15.5 Å². The fourth-order valence-corrected chi connectivity index (χ4v) is 2.31. The molecule has 0 saturated carbocycles. The number of hydrogen-bond acceptors (Lipinski definition) is 7. The van der Waals surface area contributed by atoms with Gasteiger partial charge in [0.1, 0.15) is 0 Å². The van der Waals surface area contributed by atoms with Gasteiger partial charge in [0.2, 0.25) is 5.82 Å². The zero-order valence-corrected chi connectivity index (χ0v) is 10.8. The molecule has 0 aliphatic carbocycles. The topological polar surface area (TPSA) is 108 Å². The van der Waals surface area contributed by atoms with E-state index in [4.69, 9.17) is 10.3 Å². The second-order valence-electron chi connectivity index (χ2n) is 3.93. The highest BCUT2D eigenvalue weighted by Crippen LogP contribution is 2.30. The lowest BCUT2D eigenvalue weighted by Gasteiger charge is -1.93. The first kappa shape index (κ1) is 12.3. The zero-order chi connectivity index (χ0) is 14.1. The van der Waals surface area contributed by atoms with E-state index in [2.05, 4.69) is 10.1 Å². The summed E-state index contributed by atoms with van der Waals surface area (Å²) in [5, 5.41) is 16.9. The summed E-state index contributed by atoms with van der Waals surface area (Å²) in [6.45, 7) is 0. The van der Waals surface area contributed by atoms with E-state index in [0.717, 1.165) is 0 Å². The lowest BCUT2D eigenvalue weighted by molar-refractivity contribution is -0.384. The Morgan fingerprint density at radius 1 is 1.25 bits per heavy atom. The van der Waals surface area contributed by atoms with Gasteiger partial charge in [-0.2, -0.15) is 4.98 Å². The maximum atomic E-state index is 10.6. The van der Waals surface area contributed by atoms with Crippen molar-refractivity contribution in [2.75, 3.05) is 5.73 Å². The quantitative estimate of drug-likeness (QED) is 0.586. The molecule has 0 unspecified atom stereocenters. The summed E-state index contributed by atoms with van der Waals surface area (Å²) in [4.78, 5) is 14.4. The van der Waals surface area contributed by atoms with Crippen LogP contribution in [0.2, 0.25) is 0 Å². The highest BCUT2D eigenvalue weighted by Gasteiger charge is 2.14. The summed E-state index contributed by atoms with van der Waals surface area (Å²) < 4.78 is 5.15. The van der Waals surface area contributed by atoms with E-state index in [0.29, 0.717) is 27.8 Å². The van der Waals surface area contributed by atoms with E-state index >= 15 is 0 Å². The molecule has 3 aromatic rings. The molecule has 0 saturated heterocycles. The Bertz CT molecular complexity index is 763. The fourth-order valence-electron chi connectivity index (χ4n) is 1.68. The van der Waals surface area contributed by atoms with Crippen molar-refractivity contribution in [2.24, 2.45) is 0 Å². The molecular formula is C12H8N4O3S. The number of anilines is 1. The van der Waals surface area contributed by atoms with Crippen molar-refractivity contribution in [3.8, 4) is 22.8 Å². The van der Waals surface area contributed by atoms with Gasteiger partial charge in [-0.1, -0.05) is 5.16 Å². The third kappa shape index (κ3) is 2.12. The van der Waals surface area contributed by atoms with Gasteiger partial charge in [0, 0.05) is 17.7 Å². The number of thiophene rings is 1. The SMILES string of the molecule is Nc1sccc1-c1nc(-c2ccc([N+](=O)[O-])cc2)no1. The summed E-state index contributed by atoms with van der Waals surface area (Å²) in [5.41, 5.74) is 7.13. The molecule has 2 N–H and O–H groups in total. The Kier molecular flexibility index (Phi) is 2.92. The van der Waals surface area contributed by atoms with Crippen LogP contribution < -0.4 is 5.73 Å². The summed E-state index contributed by atoms with van der Waals surface area (Å²) in [6, 6.07) is 7.73. The molecular weight excluding hydrogens is 280 g/mol. The predicted octanol–water partition coefficient (Wildman–Crippen LogP) is 2.96. The van der Waals surface area contributed by atoms with Crippen LogP contribution in [0, 0.1) is 10.1 Å². The number of benzene rings is 1. The van der Waals surface area contributed by atoms with Gasteiger partial charge in [-0.15, -0.1) is 11.3 Å². The van der Waals surface area contributed by atoms with Crippen LogP contribution in [-0.4, -0.2) is 15.1 Å². The number of non-ortho nitro benzene ring substituents is 1. The van der Waals surface area contributed by atoms with E-state index in [1.807, 2.05) is 5.38 Å². The van der Waals surface area contributed by atoms with Crippen LogP contribution in [0.5, 0.6) is 0 Å². The molecule has 1 aromatic carbocycles. The van der Waals surface area contributed by atoms with E-state index in [9.17, 15) is 10.1 Å². The minimum Gasteiger partial charge on any atom is -0.390 e. The minimum atomic E-state index is -0.461. The zero-order valence-electron chi connectivity index (χ0n) is 10.0. The third-order valence-electron chi connectivity index (χ3n) is 2.69. The van der Waals surface area contributed by atoms with E-state index in [1.54, 1.807) is 18.2 Å². The second-order valence-corrected chi connectivity index (χ2v) is 4.87. The Morgan fingerprint density at radius 3 is 2.60 bits per heavy atom. The maximum Gasteiger partial charge on any atom is 0.269 e. The van der Waals surface area contributed by atoms with Gasteiger partial charge >= 0.3 is 0 Å². The smallest absolute Gasteiger partial charge is 0.269 e. The standard InChI is InChI=1S/C12H8N4O3S/c13-10-9(5-6-20-10)12-14-11(15-19-12)7-1-3-8(4-2-7)16(17)18/h1-6H,13H2. The largest absolute Gasteiger partial charge is 0.390 e. The molecule has 3 rings (SSSR count). The Morgan fingerprint density at radius 2 is 2.00 bits per heavy atom. The Labute approximate surface area is 116 Å². The van der Waals surface area contributed by atoms with Crippen molar-refractivity contribution in [2.45, 2.75) is 0 Å². The number of nitro groups is 1. The molecule has 0 bridgehead atoms. The molecule has 2 heterocycles. The maximum absolute atomic E-state index is 10.6. The lowest BCUT2D eigenvalue weighted by atomic mass is 10.2. The number of hydrogen-bond donors (Lipinski definition) is 1. The number of aromatic nitrogens is 2. The monoisotopic (exact) mass is 288 g/mol. The van der Waals surface area contributed by atoms with Crippen LogP contribution in [0.1, 0.15) is 0 Å². The number of nitrogens with zero attached hydrogens (tertiary/aromatic N) is 3. The van der Waals surface area contributed by atoms with Gasteiger partial charge in [0.15, 0.2) is 0 Å². The third-order valence-corrected chi connectivity index (χ3v) is 3.43. The normalized spacial score (nSPS) is 10.6. The van der Waals surface area contributed by atoms with Crippen LogP contribution in [0.15, 0.2) is 40.2 Å². The van der Waals surface area contributed by atoms with Crippen molar-refractivity contribution in [1.82, 2.24) is 10.1 Å². The van der Waals surface area contributed by atoms with Crippen molar-refractivity contribution in [3.63, 3.8) is 0 Å². The van der Waals surface area contributed by atoms with E-state index in [-0.39, 0.29) is 5.69 Å². The van der Waals surface area contributed by atoms with Gasteiger partial charge in [-0.25, -0.2) is 0 Å². The second kappa shape index (κ2) is 4.74. The lowest BCUT2D eigenvalue weighted by Crippen LogP contribution is -1.88. The van der Waals surface area contributed by atoms with E-state index in [1.165, 1.54) is 23.5 Å². The molecule has 0 aliphatic heterocycles. The minimum absolute atomic E-state index is 0.0135. The molecule has 0 fully saturated rings. The average Bonchev–Trinajstić information content (AvgIpc) is 3.07. The summed E-state index contributed by atoms with van der Waals surface area (Å²) in [7, 11) is 0. The first-order chi connectivity index (χ1) is 9.65. The highest BCUT2D eigenvalue weighted by molar-refractivity contribution is 7.14. The van der Waals surface area contributed by atoms with Gasteiger partial charge in [-0.05, 0) is 23.6 Å². The van der Waals surface area contributed by atoms with Crippen molar-refractivity contribution >= 4 is 22.0 Å². The Hall–Kier alpha value is -2.74.